The molecule has 7 nitrogen and oxygen atoms in total. The molecule has 0 N–H and O–H groups in total. The zero-order valence-electron chi connectivity index (χ0n) is 15.8. The number of amides is 1. The molecule has 0 spiro atoms. The number of anilines is 1. The van der Waals surface area contributed by atoms with Gasteiger partial charge in [0.15, 0.2) is 11.7 Å². The second-order valence-electron chi connectivity index (χ2n) is 6.29. The molecule has 0 aliphatic rings. The molecule has 1 amide bonds. The zero-order chi connectivity index (χ0) is 20.1. The lowest BCUT2D eigenvalue weighted by Gasteiger charge is -2.24. The summed E-state index contributed by atoms with van der Waals surface area (Å²) in [5.41, 5.74) is 1.82. The van der Waals surface area contributed by atoms with Crippen LogP contribution in [0, 0.1) is 0 Å². The lowest BCUT2D eigenvalue weighted by Crippen LogP contribution is -2.40. The Morgan fingerprint density at radius 2 is 1.79 bits per heavy atom. The van der Waals surface area contributed by atoms with E-state index in [1.54, 1.807) is 36.1 Å². The summed E-state index contributed by atoms with van der Waals surface area (Å²) in [7, 11) is 0. The van der Waals surface area contributed by atoms with Gasteiger partial charge in [-0.05, 0) is 38.1 Å². The van der Waals surface area contributed by atoms with E-state index in [4.69, 9.17) is 9.15 Å². The Morgan fingerprint density at radius 3 is 2.50 bits per heavy atom. The number of para-hydroxylation sites is 3. The van der Waals surface area contributed by atoms with Gasteiger partial charge in [-0.2, -0.15) is 0 Å². The highest BCUT2D eigenvalue weighted by atomic mass is 16.5. The molecular formula is C21H22N2O5. The molecule has 0 unspecified atom stereocenters. The summed E-state index contributed by atoms with van der Waals surface area (Å²) in [4.78, 5) is 38.4. The maximum Gasteiger partial charge on any atom is 0.419 e. The van der Waals surface area contributed by atoms with Crippen molar-refractivity contribution >= 4 is 28.7 Å². The lowest BCUT2D eigenvalue weighted by molar-refractivity contribution is -0.154. The van der Waals surface area contributed by atoms with E-state index in [2.05, 4.69) is 0 Å². The standard InChI is InChI=1S/C21H22N2O5/c1-3-22(16-9-5-4-6-10-16)20(25)15(2)27-19(24)13-14-23-17-11-7-8-12-18(17)28-21(23)26/h4-12,15H,3,13-14H2,1-2H3/t15-/m0/s1. The van der Waals surface area contributed by atoms with Gasteiger partial charge < -0.3 is 14.1 Å². The van der Waals surface area contributed by atoms with Gasteiger partial charge in [-0.1, -0.05) is 30.3 Å². The Hall–Kier alpha value is -3.35. The minimum Gasteiger partial charge on any atom is -0.452 e. The monoisotopic (exact) mass is 382 g/mol. The summed E-state index contributed by atoms with van der Waals surface area (Å²) >= 11 is 0. The number of benzene rings is 2. The Morgan fingerprint density at radius 1 is 1.11 bits per heavy atom. The van der Waals surface area contributed by atoms with Crippen LogP contribution in [0.2, 0.25) is 0 Å². The molecule has 2 aromatic carbocycles. The third kappa shape index (κ3) is 4.14. The fraction of sp³-hybridized carbons (Fsp3) is 0.286. The first kappa shape index (κ1) is 19.4. The Balaban J connectivity index is 1.61. The van der Waals surface area contributed by atoms with E-state index in [1.807, 2.05) is 37.3 Å². The topological polar surface area (TPSA) is 81.8 Å². The zero-order valence-corrected chi connectivity index (χ0v) is 15.8. The third-order valence-electron chi connectivity index (χ3n) is 4.42. The Bertz CT molecular complexity index is 1020. The number of rotatable bonds is 7. The summed E-state index contributed by atoms with van der Waals surface area (Å²) in [6.45, 7) is 3.98. The molecule has 1 atom stereocenters. The van der Waals surface area contributed by atoms with Gasteiger partial charge in [0.05, 0.1) is 11.9 Å². The highest BCUT2D eigenvalue weighted by molar-refractivity contribution is 5.97. The normalized spacial score (nSPS) is 11.9. The van der Waals surface area contributed by atoms with Crippen molar-refractivity contribution in [2.45, 2.75) is 32.9 Å². The van der Waals surface area contributed by atoms with E-state index in [1.165, 1.54) is 4.57 Å². The van der Waals surface area contributed by atoms with Gasteiger partial charge in [0.1, 0.15) is 0 Å². The molecule has 7 heteroatoms. The number of likely N-dealkylation sites (N-methyl/N-ethyl adjacent to an activating group) is 1. The van der Waals surface area contributed by atoms with Crippen molar-refractivity contribution in [3.63, 3.8) is 0 Å². The number of ether oxygens (including phenoxy) is 1. The molecule has 3 rings (SSSR count). The maximum atomic E-state index is 12.7. The summed E-state index contributed by atoms with van der Waals surface area (Å²) in [6.07, 6.45) is -0.969. The van der Waals surface area contributed by atoms with Gasteiger partial charge >= 0.3 is 11.7 Å². The van der Waals surface area contributed by atoms with Crippen LogP contribution in [0.1, 0.15) is 20.3 Å². The molecule has 0 saturated heterocycles. The summed E-state index contributed by atoms with van der Waals surface area (Å²) in [5.74, 6) is -1.38. The summed E-state index contributed by atoms with van der Waals surface area (Å²) < 4.78 is 11.8. The summed E-state index contributed by atoms with van der Waals surface area (Å²) in [5, 5.41) is 0. The molecule has 146 valence electrons. The molecule has 0 radical (unpaired) electrons. The molecule has 28 heavy (non-hydrogen) atoms. The van der Waals surface area contributed by atoms with Gasteiger partial charge in [-0.25, -0.2) is 4.79 Å². The van der Waals surface area contributed by atoms with Crippen LogP contribution in [0.25, 0.3) is 11.1 Å². The first-order chi connectivity index (χ1) is 13.5. The van der Waals surface area contributed by atoms with Crippen molar-refractivity contribution in [2.75, 3.05) is 11.4 Å². The molecule has 0 saturated carbocycles. The van der Waals surface area contributed by atoms with Gasteiger partial charge in [0.2, 0.25) is 0 Å². The minimum absolute atomic E-state index is 0.0431. The number of aromatic nitrogens is 1. The predicted octanol–water partition coefficient (Wildman–Crippen LogP) is 2.97. The van der Waals surface area contributed by atoms with Crippen LogP contribution in [0.5, 0.6) is 0 Å². The molecule has 0 fully saturated rings. The molecule has 0 aliphatic carbocycles. The molecule has 1 aromatic heterocycles. The number of carbonyl (C=O) groups excluding carboxylic acids is 2. The van der Waals surface area contributed by atoms with Gasteiger partial charge in [0, 0.05) is 18.8 Å². The van der Waals surface area contributed by atoms with Crippen LogP contribution in [-0.2, 0) is 20.9 Å². The van der Waals surface area contributed by atoms with Gasteiger partial charge in [-0.3, -0.25) is 14.2 Å². The number of oxazole rings is 1. The fourth-order valence-corrected chi connectivity index (χ4v) is 3.03. The quantitative estimate of drug-likeness (QED) is 0.587. The second kappa shape index (κ2) is 8.56. The third-order valence-corrected chi connectivity index (χ3v) is 4.42. The lowest BCUT2D eigenvalue weighted by atomic mass is 10.2. The van der Waals surface area contributed by atoms with E-state index in [0.717, 1.165) is 5.69 Å². The molecule has 3 aromatic rings. The molecular weight excluding hydrogens is 360 g/mol. The first-order valence-corrected chi connectivity index (χ1v) is 9.15. The molecule has 0 bridgehead atoms. The predicted molar refractivity (Wildman–Crippen MR) is 105 cm³/mol. The second-order valence-corrected chi connectivity index (χ2v) is 6.29. The van der Waals surface area contributed by atoms with Gasteiger partial charge in [0.25, 0.3) is 5.91 Å². The Kier molecular flexibility index (Phi) is 5.93. The van der Waals surface area contributed by atoms with Crippen LogP contribution in [0.3, 0.4) is 0 Å². The largest absolute Gasteiger partial charge is 0.452 e. The van der Waals surface area contributed by atoms with E-state index in [0.29, 0.717) is 17.6 Å². The van der Waals surface area contributed by atoms with Crippen LogP contribution in [0.4, 0.5) is 5.69 Å². The number of carbonyl (C=O) groups is 2. The SMILES string of the molecule is CCN(C(=O)[C@H](C)OC(=O)CCn1c(=O)oc2ccccc21)c1ccccc1. The highest BCUT2D eigenvalue weighted by Crippen LogP contribution is 2.16. The molecule has 0 aliphatic heterocycles. The number of hydrogen-bond donors (Lipinski definition) is 0. The van der Waals surface area contributed by atoms with Crippen LogP contribution in [0.15, 0.2) is 63.8 Å². The van der Waals surface area contributed by atoms with Crippen molar-refractivity contribution in [2.24, 2.45) is 0 Å². The molecule has 1 heterocycles. The fourth-order valence-electron chi connectivity index (χ4n) is 3.03. The van der Waals surface area contributed by atoms with E-state index in [9.17, 15) is 14.4 Å². The Labute approximate surface area is 162 Å². The van der Waals surface area contributed by atoms with Crippen molar-refractivity contribution in [3.05, 3.63) is 65.1 Å². The van der Waals surface area contributed by atoms with Crippen molar-refractivity contribution in [1.82, 2.24) is 4.57 Å². The van der Waals surface area contributed by atoms with Gasteiger partial charge in [-0.15, -0.1) is 0 Å². The number of fused-ring (bicyclic) bond motifs is 1. The van der Waals surface area contributed by atoms with E-state index < -0.39 is 17.8 Å². The van der Waals surface area contributed by atoms with Crippen LogP contribution < -0.4 is 10.7 Å². The van der Waals surface area contributed by atoms with E-state index in [-0.39, 0.29) is 18.9 Å². The van der Waals surface area contributed by atoms with Crippen molar-refractivity contribution in [1.29, 1.82) is 0 Å². The average molecular weight is 382 g/mol. The smallest absolute Gasteiger partial charge is 0.419 e. The number of aryl methyl sites for hydroxylation is 1. The first-order valence-electron chi connectivity index (χ1n) is 9.15. The minimum atomic E-state index is -0.925. The van der Waals surface area contributed by atoms with Crippen LogP contribution in [-0.4, -0.2) is 29.1 Å². The maximum absolute atomic E-state index is 12.7. The average Bonchev–Trinajstić information content (AvgIpc) is 3.02. The number of esters is 1. The van der Waals surface area contributed by atoms with E-state index >= 15 is 0 Å². The summed E-state index contributed by atoms with van der Waals surface area (Å²) in [6, 6.07) is 16.2. The number of hydrogen-bond acceptors (Lipinski definition) is 5. The van der Waals surface area contributed by atoms with Crippen molar-refractivity contribution < 1.29 is 18.7 Å². The van der Waals surface area contributed by atoms with Crippen LogP contribution >= 0.6 is 0 Å². The highest BCUT2D eigenvalue weighted by Gasteiger charge is 2.24. The number of nitrogens with zero attached hydrogens (tertiary/aromatic N) is 2. The van der Waals surface area contributed by atoms with Crippen molar-refractivity contribution in [3.8, 4) is 0 Å².